The molecule has 7 nitrogen and oxygen atoms in total. The van der Waals surface area contributed by atoms with Crippen LogP contribution in [-0.4, -0.2) is 46.0 Å². The smallest absolute Gasteiger partial charge is 0.267 e. The molecule has 140 valence electrons. The quantitative estimate of drug-likeness (QED) is 0.417. The molecule has 1 fully saturated rings. The van der Waals surface area contributed by atoms with E-state index in [2.05, 4.69) is 10.3 Å². The second kappa shape index (κ2) is 8.66. The number of benzene rings is 1. The molecule has 2 aromatic rings. The van der Waals surface area contributed by atoms with Crippen LogP contribution >= 0.6 is 11.6 Å². The average molecular weight is 387 g/mol. The van der Waals surface area contributed by atoms with Gasteiger partial charge in [0, 0.05) is 42.0 Å². The summed E-state index contributed by atoms with van der Waals surface area (Å²) in [5.74, 6) is 0.0877. The van der Waals surface area contributed by atoms with E-state index in [4.69, 9.17) is 16.8 Å². The van der Waals surface area contributed by atoms with Crippen LogP contribution in [0.5, 0.6) is 0 Å². The fourth-order valence-corrected chi connectivity index (χ4v) is 2.97. The summed E-state index contributed by atoms with van der Waals surface area (Å²) in [4.78, 5) is 29.6. The van der Waals surface area contributed by atoms with Gasteiger partial charge in [0.05, 0.1) is 0 Å². The highest BCUT2D eigenvalue weighted by atomic mass is 35.5. The highest BCUT2D eigenvalue weighted by Crippen LogP contribution is 2.18. The van der Waals surface area contributed by atoms with Crippen molar-refractivity contribution in [3.63, 3.8) is 0 Å². The number of anilines is 1. The van der Waals surface area contributed by atoms with Crippen LogP contribution in [0.3, 0.4) is 0 Å². The number of hydrogen-bond donors (Lipinski definition) is 3. The number of hydroxylamine groups is 1. The first-order valence-electron chi connectivity index (χ1n) is 8.45. The molecule has 1 aromatic heterocycles. The highest BCUT2D eigenvalue weighted by molar-refractivity contribution is 6.30. The predicted molar refractivity (Wildman–Crippen MR) is 103 cm³/mol. The Kier molecular flexibility index (Phi) is 6.05. The van der Waals surface area contributed by atoms with Crippen molar-refractivity contribution in [2.75, 3.05) is 18.4 Å². The zero-order valence-corrected chi connectivity index (χ0v) is 15.2. The number of nitrogens with one attached hydrogen (secondary N) is 2. The van der Waals surface area contributed by atoms with Gasteiger partial charge in [-0.25, -0.2) is 10.5 Å². The lowest BCUT2D eigenvalue weighted by Crippen LogP contribution is -2.31. The molecule has 2 amide bonds. The number of aromatic nitrogens is 1. The molecule has 0 radical (unpaired) electrons. The second-order valence-electron chi connectivity index (χ2n) is 6.17. The minimum atomic E-state index is -0.603. The van der Waals surface area contributed by atoms with E-state index in [-0.39, 0.29) is 11.9 Å². The number of carbonyl (C=O) groups is 2. The number of nitrogens with zero attached hydrogens (tertiary/aromatic N) is 2. The molecule has 1 aliphatic heterocycles. The minimum Gasteiger partial charge on any atom is -0.365 e. The van der Waals surface area contributed by atoms with Gasteiger partial charge in [0.1, 0.15) is 5.82 Å². The Morgan fingerprint density at radius 2 is 2.00 bits per heavy atom. The Bertz CT molecular complexity index is 837. The average Bonchev–Trinajstić information content (AvgIpc) is 3.15. The summed E-state index contributed by atoms with van der Waals surface area (Å²) in [7, 11) is 0. The third kappa shape index (κ3) is 5.06. The maximum atomic E-state index is 12.5. The van der Waals surface area contributed by atoms with Gasteiger partial charge in [0.15, 0.2) is 0 Å². The molecule has 1 atom stereocenters. The summed E-state index contributed by atoms with van der Waals surface area (Å²) in [6.45, 7) is 1.28. The summed E-state index contributed by atoms with van der Waals surface area (Å²) in [6, 6.07) is 10.6. The van der Waals surface area contributed by atoms with Crippen LogP contribution < -0.4 is 10.8 Å². The van der Waals surface area contributed by atoms with Gasteiger partial charge < -0.3 is 10.2 Å². The lowest BCUT2D eigenvalue weighted by molar-refractivity contribution is -0.124. The van der Waals surface area contributed by atoms with Crippen LogP contribution in [-0.2, 0) is 4.79 Å². The van der Waals surface area contributed by atoms with E-state index >= 15 is 0 Å². The van der Waals surface area contributed by atoms with Gasteiger partial charge in [-0.3, -0.25) is 14.8 Å². The molecule has 8 heteroatoms. The topological polar surface area (TPSA) is 94.6 Å². The molecule has 0 spiro atoms. The lowest BCUT2D eigenvalue weighted by Gasteiger charge is -2.17. The predicted octanol–water partition coefficient (Wildman–Crippen LogP) is 2.58. The Morgan fingerprint density at radius 3 is 2.67 bits per heavy atom. The zero-order chi connectivity index (χ0) is 19.2. The number of amides is 2. The van der Waals surface area contributed by atoms with E-state index in [0.717, 1.165) is 12.0 Å². The molecular formula is C19H19ClN4O3. The number of likely N-dealkylation sites (tertiary alicyclic amines) is 1. The second-order valence-corrected chi connectivity index (χ2v) is 6.61. The third-order valence-electron chi connectivity index (χ3n) is 4.24. The largest absolute Gasteiger partial charge is 0.365 e. The minimum absolute atomic E-state index is 0.00780. The molecule has 3 rings (SSSR count). The first kappa shape index (κ1) is 18.9. The van der Waals surface area contributed by atoms with Gasteiger partial charge in [-0.1, -0.05) is 11.6 Å². The summed E-state index contributed by atoms with van der Waals surface area (Å²) < 4.78 is 0. The fourth-order valence-electron chi connectivity index (χ4n) is 2.85. The van der Waals surface area contributed by atoms with E-state index in [0.29, 0.717) is 29.5 Å². The van der Waals surface area contributed by atoms with Gasteiger partial charge in [0.2, 0.25) is 0 Å². The molecule has 1 saturated heterocycles. The van der Waals surface area contributed by atoms with Crippen molar-refractivity contribution in [1.82, 2.24) is 15.4 Å². The summed E-state index contributed by atoms with van der Waals surface area (Å²) in [5.41, 5.74) is 2.88. The number of rotatable bonds is 5. The summed E-state index contributed by atoms with van der Waals surface area (Å²) in [5, 5.41) is 12.4. The number of carbonyl (C=O) groups excluding carboxylic acids is 2. The van der Waals surface area contributed by atoms with Crippen LogP contribution in [0.4, 0.5) is 5.82 Å². The van der Waals surface area contributed by atoms with E-state index in [1.54, 1.807) is 42.6 Å². The van der Waals surface area contributed by atoms with Crippen LogP contribution in [0.25, 0.3) is 6.08 Å². The number of pyridine rings is 1. The lowest BCUT2D eigenvalue weighted by atomic mass is 10.2. The molecule has 27 heavy (non-hydrogen) atoms. The third-order valence-corrected chi connectivity index (χ3v) is 4.49. The van der Waals surface area contributed by atoms with Gasteiger partial charge in [-0.05, 0) is 54.5 Å². The standard InChI is InChI=1S/C19H19ClN4O3/c20-15-5-3-14(4-6-15)19(26)24-10-9-16(12-24)22-17-7-1-13(11-21-17)2-8-18(25)23-27/h1-8,11,16,27H,9-10,12H2,(H,21,22)(H,23,25)/b8-2+/t16-/m1/s1. The molecule has 1 aliphatic rings. The van der Waals surface area contributed by atoms with Crippen LogP contribution in [0.1, 0.15) is 22.3 Å². The van der Waals surface area contributed by atoms with Gasteiger partial charge in [0.25, 0.3) is 11.8 Å². The molecule has 2 heterocycles. The molecule has 0 unspecified atom stereocenters. The Labute approximate surface area is 161 Å². The zero-order valence-electron chi connectivity index (χ0n) is 14.4. The first-order valence-corrected chi connectivity index (χ1v) is 8.82. The summed E-state index contributed by atoms with van der Waals surface area (Å²) >= 11 is 5.87. The van der Waals surface area contributed by atoms with E-state index in [1.807, 2.05) is 11.0 Å². The van der Waals surface area contributed by atoms with Crippen molar-refractivity contribution in [2.45, 2.75) is 12.5 Å². The van der Waals surface area contributed by atoms with E-state index < -0.39 is 5.91 Å². The molecule has 0 bridgehead atoms. The highest BCUT2D eigenvalue weighted by Gasteiger charge is 2.27. The van der Waals surface area contributed by atoms with Crippen molar-refractivity contribution in [3.05, 3.63) is 64.8 Å². The molecular weight excluding hydrogens is 368 g/mol. The normalized spacial score (nSPS) is 16.5. The van der Waals surface area contributed by atoms with Crippen molar-refractivity contribution in [3.8, 4) is 0 Å². The van der Waals surface area contributed by atoms with Crippen molar-refractivity contribution < 1.29 is 14.8 Å². The Morgan fingerprint density at radius 1 is 1.22 bits per heavy atom. The maximum absolute atomic E-state index is 12.5. The van der Waals surface area contributed by atoms with Gasteiger partial charge in [-0.15, -0.1) is 0 Å². The van der Waals surface area contributed by atoms with Crippen LogP contribution in [0.15, 0.2) is 48.7 Å². The molecule has 1 aromatic carbocycles. The van der Waals surface area contributed by atoms with Crippen molar-refractivity contribution >= 4 is 35.3 Å². The van der Waals surface area contributed by atoms with Gasteiger partial charge in [-0.2, -0.15) is 0 Å². The molecule has 0 saturated carbocycles. The molecule has 3 N–H and O–H groups in total. The first-order chi connectivity index (χ1) is 13.0. The molecule has 0 aliphatic carbocycles. The Balaban J connectivity index is 1.55. The maximum Gasteiger partial charge on any atom is 0.267 e. The van der Waals surface area contributed by atoms with Gasteiger partial charge >= 0.3 is 0 Å². The summed E-state index contributed by atoms with van der Waals surface area (Å²) in [6.07, 6.45) is 5.21. The number of hydrogen-bond acceptors (Lipinski definition) is 5. The van der Waals surface area contributed by atoms with Crippen molar-refractivity contribution in [1.29, 1.82) is 0 Å². The van der Waals surface area contributed by atoms with Crippen LogP contribution in [0.2, 0.25) is 5.02 Å². The Hall–Kier alpha value is -2.90. The fraction of sp³-hybridized carbons (Fsp3) is 0.211. The van der Waals surface area contributed by atoms with Crippen molar-refractivity contribution in [2.24, 2.45) is 0 Å². The van der Waals surface area contributed by atoms with E-state index in [1.165, 1.54) is 11.6 Å². The van der Waals surface area contributed by atoms with E-state index in [9.17, 15) is 9.59 Å². The van der Waals surface area contributed by atoms with Crippen LogP contribution in [0, 0.1) is 0 Å². The SMILES string of the molecule is O=C(/C=C/c1ccc(N[C@@H]2CCN(C(=O)c3ccc(Cl)cc3)C2)nc1)NO. The monoisotopic (exact) mass is 386 g/mol. The number of halogens is 1.